The molecule has 0 saturated heterocycles. The van der Waals surface area contributed by atoms with Crippen LogP contribution in [0.4, 0.5) is 0 Å². The van der Waals surface area contributed by atoms with Crippen molar-refractivity contribution in [1.82, 2.24) is 20.6 Å². The number of tetrazole rings is 1. The van der Waals surface area contributed by atoms with E-state index in [-0.39, 0.29) is 40.7 Å². The number of phenols is 1. The molecule has 0 unspecified atom stereocenters. The number of hydrogen-bond acceptors (Lipinski definition) is 6. The number of phenolic OH excluding ortho intramolecular Hbond substituents is 1. The number of aromatic nitrogens is 4. The molecule has 0 aliphatic rings. The fourth-order valence-electron chi connectivity index (χ4n) is 3.63. The number of hydrogen-bond donors (Lipinski definition) is 2. The molecule has 3 rings (SSSR count). The van der Waals surface area contributed by atoms with Crippen LogP contribution >= 0.6 is 0 Å². The van der Waals surface area contributed by atoms with Crippen LogP contribution in [0.5, 0.6) is 17.2 Å². The largest absolute Gasteiger partial charge is 0.507 e. The number of nitrogens with zero attached hydrogens (tertiary/aromatic N) is 3. The van der Waals surface area contributed by atoms with Gasteiger partial charge in [0.2, 0.25) is 0 Å². The Kier molecular flexibility index (Phi) is 10.0. The number of rotatable bonds is 11. The van der Waals surface area contributed by atoms with Gasteiger partial charge in [0.1, 0.15) is 17.2 Å². The molecule has 1 heterocycles. The molecule has 0 fully saturated rings. The molecule has 0 saturated carbocycles. The number of ether oxygens (including phenoxy) is 2. The molecule has 3 aromatic rings. The topological polar surface area (TPSA) is 93.1 Å². The first-order valence-electron chi connectivity index (χ1n) is 10.8. The molecule has 2 N–H and O–H groups in total. The van der Waals surface area contributed by atoms with Gasteiger partial charge in [-0.25, -0.2) is 0 Å². The molecule has 0 atom stereocenters. The molecule has 0 spiro atoms. The van der Waals surface area contributed by atoms with Gasteiger partial charge < -0.3 is 14.6 Å². The third-order valence-corrected chi connectivity index (χ3v) is 5.59. The molecule has 1 radical (unpaired) electrons. The Morgan fingerprint density at radius 1 is 1.09 bits per heavy atom. The zero-order chi connectivity index (χ0) is 22.3. The van der Waals surface area contributed by atoms with Crippen LogP contribution in [-0.4, -0.2) is 69.0 Å². The summed E-state index contributed by atoms with van der Waals surface area (Å²) in [5.41, 5.74) is 2.69. The van der Waals surface area contributed by atoms with Crippen LogP contribution in [0.3, 0.4) is 0 Å². The summed E-state index contributed by atoms with van der Waals surface area (Å²) in [7, 11) is 1.64. The van der Waals surface area contributed by atoms with Crippen LogP contribution in [0.1, 0.15) is 57.8 Å². The van der Waals surface area contributed by atoms with Crippen molar-refractivity contribution in [3.63, 3.8) is 0 Å². The van der Waals surface area contributed by atoms with Crippen LogP contribution < -0.4 is 9.47 Å². The minimum atomic E-state index is -0.0923. The Labute approximate surface area is 212 Å². The maximum absolute atomic E-state index is 10.6. The summed E-state index contributed by atoms with van der Waals surface area (Å²) in [5, 5.41) is 25.0. The van der Waals surface area contributed by atoms with Crippen molar-refractivity contribution in [2.45, 2.75) is 58.3 Å². The first kappa shape index (κ1) is 26.2. The summed E-state index contributed by atoms with van der Waals surface area (Å²) < 4.78 is 11.3. The number of aryl methyl sites for hydroxylation is 1. The van der Waals surface area contributed by atoms with Crippen LogP contribution in [0.15, 0.2) is 36.4 Å². The fourth-order valence-corrected chi connectivity index (χ4v) is 3.63. The number of H-pyrrole nitrogens is 1. The van der Waals surface area contributed by atoms with Crippen molar-refractivity contribution < 1.29 is 14.6 Å². The van der Waals surface area contributed by atoms with Gasteiger partial charge in [0, 0.05) is 46.6 Å². The zero-order valence-electron chi connectivity index (χ0n) is 19.8. The van der Waals surface area contributed by atoms with Crippen molar-refractivity contribution in [1.29, 1.82) is 0 Å². The van der Waals surface area contributed by atoms with E-state index < -0.39 is 0 Å². The summed E-state index contributed by atoms with van der Waals surface area (Å²) >= 11 is 0. The Morgan fingerprint density at radius 2 is 1.91 bits per heavy atom. The third-order valence-electron chi connectivity index (χ3n) is 5.59. The van der Waals surface area contributed by atoms with E-state index in [0.29, 0.717) is 6.61 Å². The molecule has 1 aromatic heterocycles. The maximum Gasteiger partial charge on any atom is 0.180 e. The van der Waals surface area contributed by atoms with E-state index in [9.17, 15) is 5.11 Å². The molecule has 0 aliphatic carbocycles. The minimum Gasteiger partial charge on any atom is -0.507 e. The molecule has 8 heteroatoms. The summed E-state index contributed by atoms with van der Waals surface area (Å²) in [6.07, 6.45) is 4.88. The van der Waals surface area contributed by atoms with E-state index in [1.54, 1.807) is 13.2 Å². The molecule has 0 bridgehead atoms. The van der Waals surface area contributed by atoms with E-state index in [0.717, 1.165) is 66.1 Å². The number of methoxy groups -OCH3 is 1. The van der Waals surface area contributed by atoms with E-state index >= 15 is 0 Å². The summed E-state index contributed by atoms with van der Waals surface area (Å²) in [6.45, 7) is 6.98. The molecule has 7 nitrogen and oxygen atoms in total. The molecule has 167 valence electrons. The molecular weight excluding hydrogens is 415 g/mol. The molecule has 32 heavy (non-hydrogen) atoms. The second kappa shape index (κ2) is 12.2. The number of unbranched alkanes of at least 4 members (excludes halogenated alkanes) is 2. The predicted octanol–water partition coefficient (Wildman–Crippen LogP) is 4.68. The minimum absolute atomic E-state index is 0. The number of aromatic amines is 1. The van der Waals surface area contributed by atoms with Crippen molar-refractivity contribution in [2.24, 2.45) is 0 Å². The summed E-state index contributed by atoms with van der Waals surface area (Å²) in [4.78, 5) is 0. The van der Waals surface area contributed by atoms with Crippen LogP contribution in [-0.2, 0) is 11.8 Å². The monoisotopic (exact) mass is 447 g/mol. The SMILES string of the molecule is CCc1cc(-c2cccc(OC)c2)c(O)cc1OCCCCCC(C)(C)c1nn[nH]n1.[Na]. The van der Waals surface area contributed by atoms with Gasteiger partial charge in [-0.1, -0.05) is 51.0 Å². The Morgan fingerprint density at radius 3 is 2.59 bits per heavy atom. The van der Waals surface area contributed by atoms with E-state index in [1.807, 2.05) is 30.3 Å². The van der Waals surface area contributed by atoms with Gasteiger partial charge in [0.05, 0.1) is 13.7 Å². The second-order valence-electron chi connectivity index (χ2n) is 8.34. The second-order valence-corrected chi connectivity index (χ2v) is 8.34. The van der Waals surface area contributed by atoms with Crippen LogP contribution in [0, 0.1) is 0 Å². The van der Waals surface area contributed by atoms with Crippen molar-refractivity contribution in [3.8, 4) is 28.4 Å². The van der Waals surface area contributed by atoms with E-state index in [2.05, 4.69) is 41.4 Å². The first-order valence-corrected chi connectivity index (χ1v) is 10.8. The smallest absolute Gasteiger partial charge is 0.180 e. The van der Waals surface area contributed by atoms with E-state index in [1.165, 1.54) is 0 Å². The van der Waals surface area contributed by atoms with Gasteiger partial charge in [-0.05, 0) is 48.6 Å². The molecule has 0 aliphatic heterocycles. The quantitative estimate of drug-likeness (QED) is 0.327. The van der Waals surface area contributed by atoms with Crippen LogP contribution in [0.25, 0.3) is 11.1 Å². The van der Waals surface area contributed by atoms with Gasteiger partial charge in [0.15, 0.2) is 5.82 Å². The molecule has 2 aromatic carbocycles. The number of nitrogens with one attached hydrogen (secondary N) is 1. The average molecular weight is 448 g/mol. The van der Waals surface area contributed by atoms with Crippen molar-refractivity contribution in [2.75, 3.05) is 13.7 Å². The molecular formula is C24H32N4NaO3. The van der Waals surface area contributed by atoms with Crippen molar-refractivity contribution >= 4 is 29.6 Å². The first-order chi connectivity index (χ1) is 14.9. The predicted molar refractivity (Wildman–Crippen MR) is 126 cm³/mol. The fraction of sp³-hybridized carbons (Fsp3) is 0.458. The van der Waals surface area contributed by atoms with Gasteiger partial charge in [-0.3, -0.25) is 0 Å². The summed E-state index contributed by atoms with van der Waals surface area (Å²) in [6, 6.07) is 11.4. The maximum atomic E-state index is 10.6. The Hall–Kier alpha value is -2.09. The van der Waals surface area contributed by atoms with Gasteiger partial charge >= 0.3 is 0 Å². The molecule has 0 amide bonds. The van der Waals surface area contributed by atoms with Gasteiger partial charge in [-0.15, -0.1) is 10.2 Å². The van der Waals surface area contributed by atoms with Crippen LogP contribution in [0.2, 0.25) is 0 Å². The number of benzene rings is 2. The summed E-state index contributed by atoms with van der Waals surface area (Å²) in [5.74, 6) is 2.47. The van der Waals surface area contributed by atoms with Gasteiger partial charge in [-0.2, -0.15) is 5.21 Å². The normalized spacial score (nSPS) is 11.1. The Balaban J connectivity index is 0.00000363. The average Bonchev–Trinajstić information content (AvgIpc) is 3.32. The standard InChI is InChI=1S/C24H32N4O3.Na/c1-5-17-15-20(18-10-9-11-19(14-18)30-4)21(29)16-22(17)31-13-8-6-7-12-24(2,3)23-25-27-28-26-23;/h9-11,14-16,29H,5-8,12-13H2,1-4H3,(H,25,26,27,28);. The zero-order valence-corrected chi connectivity index (χ0v) is 21.8. The number of aromatic hydroxyl groups is 1. The van der Waals surface area contributed by atoms with E-state index in [4.69, 9.17) is 9.47 Å². The Bertz CT molecular complexity index is 977. The van der Waals surface area contributed by atoms with Gasteiger partial charge in [0.25, 0.3) is 0 Å². The third kappa shape index (κ3) is 6.70. The van der Waals surface area contributed by atoms with Crippen molar-refractivity contribution in [3.05, 3.63) is 47.8 Å².